The molecule has 0 saturated carbocycles. The summed E-state index contributed by atoms with van der Waals surface area (Å²) >= 11 is 12.1. The lowest BCUT2D eigenvalue weighted by atomic mass is 10.0. The quantitative estimate of drug-likeness (QED) is 0.627. The number of halogens is 3. The van der Waals surface area contributed by atoms with Gasteiger partial charge in [0.2, 0.25) is 0 Å². The van der Waals surface area contributed by atoms with Crippen LogP contribution in [0.1, 0.15) is 36.8 Å². The van der Waals surface area contributed by atoms with Crippen molar-refractivity contribution >= 4 is 50.1 Å². The SMILES string of the molecule is CCc1nn(CC)c(CC(N)c2ccc(I)c(Cl)c2)c1Br. The first-order chi connectivity index (χ1) is 9.97. The highest BCUT2D eigenvalue weighted by molar-refractivity contribution is 14.1. The molecule has 0 fully saturated rings. The van der Waals surface area contributed by atoms with Crippen LogP contribution in [0.3, 0.4) is 0 Å². The fraction of sp³-hybridized carbons (Fsp3) is 0.400. The predicted octanol–water partition coefficient (Wildman–Crippen LogP) is 4.73. The van der Waals surface area contributed by atoms with Crippen LogP contribution in [0.2, 0.25) is 5.02 Å². The zero-order valence-corrected chi connectivity index (χ0v) is 16.5. The van der Waals surface area contributed by atoms with E-state index >= 15 is 0 Å². The minimum absolute atomic E-state index is 0.0949. The third-order valence-electron chi connectivity index (χ3n) is 3.48. The molecule has 0 aliphatic heterocycles. The Bertz CT molecular complexity index is 642. The Balaban J connectivity index is 2.28. The Morgan fingerprint density at radius 3 is 2.71 bits per heavy atom. The van der Waals surface area contributed by atoms with Crippen molar-refractivity contribution in [3.8, 4) is 0 Å². The lowest BCUT2D eigenvalue weighted by Gasteiger charge is -2.14. The number of hydrogen-bond donors (Lipinski definition) is 1. The molecule has 0 spiro atoms. The van der Waals surface area contributed by atoms with Gasteiger partial charge in [0, 0.05) is 22.6 Å². The van der Waals surface area contributed by atoms with E-state index in [2.05, 4.69) is 57.5 Å². The summed E-state index contributed by atoms with van der Waals surface area (Å²) in [5.41, 5.74) is 9.65. The van der Waals surface area contributed by atoms with Crippen LogP contribution < -0.4 is 5.73 Å². The molecule has 2 N–H and O–H groups in total. The van der Waals surface area contributed by atoms with E-state index in [1.165, 1.54) is 0 Å². The van der Waals surface area contributed by atoms with Crippen molar-refractivity contribution in [1.82, 2.24) is 9.78 Å². The van der Waals surface area contributed by atoms with Crippen molar-refractivity contribution in [3.05, 3.63) is 48.2 Å². The van der Waals surface area contributed by atoms with E-state index < -0.39 is 0 Å². The van der Waals surface area contributed by atoms with Gasteiger partial charge in [-0.3, -0.25) is 4.68 Å². The lowest BCUT2D eigenvalue weighted by molar-refractivity contribution is 0.584. The molecule has 21 heavy (non-hydrogen) atoms. The number of aryl methyl sites for hydroxylation is 2. The van der Waals surface area contributed by atoms with Gasteiger partial charge < -0.3 is 5.73 Å². The first kappa shape index (κ1) is 17.2. The molecule has 0 aliphatic rings. The van der Waals surface area contributed by atoms with Gasteiger partial charge in [-0.1, -0.05) is 24.6 Å². The number of aromatic nitrogens is 2. The summed E-state index contributed by atoms with van der Waals surface area (Å²) in [7, 11) is 0. The van der Waals surface area contributed by atoms with E-state index in [9.17, 15) is 0 Å². The highest BCUT2D eigenvalue weighted by Gasteiger charge is 2.18. The first-order valence-electron chi connectivity index (χ1n) is 6.92. The summed E-state index contributed by atoms with van der Waals surface area (Å²) in [4.78, 5) is 0. The van der Waals surface area contributed by atoms with Gasteiger partial charge in [-0.15, -0.1) is 0 Å². The normalized spacial score (nSPS) is 12.7. The zero-order chi connectivity index (χ0) is 15.6. The maximum atomic E-state index is 6.37. The molecular formula is C15H18BrClIN3. The molecule has 114 valence electrons. The smallest absolute Gasteiger partial charge is 0.0766 e. The van der Waals surface area contributed by atoms with Gasteiger partial charge in [0.15, 0.2) is 0 Å². The van der Waals surface area contributed by atoms with Crippen LogP contribution in [0.25, 0.3) is 0 Å². The minimum Gasteiger partial charge on any atom is -0.324 e. The van der Waals surface area contributed by atoms with E-state index in [-0.39, 0.29) is 6.04 Å². The molecule has 0 radical (unpaired) electrons. The van der Waals surface area contributed by atoms with Crippen molar-refractivity contribution < 1.29 is 0 Å². The first-order valence-corrected chi connectivity index (χ1v) is 9.17. The third kappa shape index (κ3) is 3.81. The van der Waals surface area contributed by atoms with Gasteiger partial charge in [0.05, 0.1) is 20.9 Å². The van der Waals surface area contributed by atoms with Gasteiger partial charge in [0.25, 0.3) is 0 Å². The highest BCUT2D eigenvalue weighted by Crippen LogP contribution is 2.28. The summed E-state index contributed by atoms with van der Waals surface area (Å²) in [6.07, 6.45) is 1.64. The topological polar surface area (TPSA) is 43.8 Å². The van der Waals surface area contributed by atoms with Crippen LogP contribution in [0.15, 0.2) is 22.7 Å². The minimum atomic E-state index is -0.0949. The predicted molar refractivity (Wildman–Crippen MR) is 99.8 cm³/mol. The largest absolute Gasteiger partial charge is 0.324 e. The number of rotatable bonds is 5. The second-order valence-corrected chi connectivity index (χ2v) is 7.22. The lowest BCUT2D eigenvalue weighted by Crippen LogP contribution is -2.16. The van der Waals surface area contributed by atoms with Crippen LogP contribution >= 0.6 is 50.1 Å². The summed E-state index contributed by atoms with van der Waals surface area (Å²) in [6, 6.07) is 5.90. The number of nitrogens with zero attached hydrogens (tertiary/aromatic N) is 2. The van der Waals surface area contributed by atoms with Crippen molar-refractivity contribution in [2.75, 3.05) is 0 Å². The molecule has 1 aromatic heterocycles. The van der Waals surface area contributed by atoms with Crippen molar-refractivity contribution in [3.63, 3.8) is 0 Å². The molecule has 0 bridgehead atoms. The molecule has 2 rings (SSSR count). The van der Waals surface area contributed by atoms with Crippen LogP contribution in [0.4, 0.5) is 0 Å². The molecule has 3 nitrogen and oxygen atoms in total. The fourth-order valence-corrected chi connectivity index (χ4v) is 3.53. The Morgan fingerprint density at radius 2 is 2.14 bits per heavy atom. The maximum absolute atomic E-state index is 6.37. The summed E-state index contributed by atoms with van der Waals surface area (Å²) in [5, 5.41) is 5.36. The third-order valence-corrected chi connectivity index (χ3v) is 5.97. The Hall–Kier alpha value is -0.110. The zero-order valence-electron chi connectivity index (χ0n) is 12.0. The van der Waals surface area contributed by atoms with E-state index in [0.29, 0.717) is 0 Å². The van der Waals surface area contributed by atoms with Gasteiger partial charge in [-0.05, 0) is 69.6 Å². The Labute approximate surface area is 152 Å². The van der Waals surface area contributed by atoms with E-state index in [1.54, 1.807) is 0 Å². The molecule has 0 saturated heterocycles. The van der Waals surface area contributed by atoms with Crippen molar-refractivity contribution in [2.45, 2.75) is 39.3 Å². The summed E-state index contributed by atoms with van der Waals surface area (Å²) in [5.74, 6) is 0. The fourth-order valence-electron chi connectivity index (χ4n) is 2.28. The molecule has 2 aromatic rings. The molecule has 1 heterocycles. The number of benzene rings is 1. The Morgan fingerprint density at radius 1 is 1.43 bits per heavy atom. The van der Waals surface area contributed by atoms with Crippen LogP contribution in [-0.4, -0.2) is 9.78 Å². The van der Waals surface area contributed by atoms with Crippen molar-refractivity contribution in [1.29, 1.82) is 0 Å². The van der Waals surface area contributed by atoms with Gasteiger partial charge in [-0.2, -0.15) is 5.10 Å². The Kier molecular flexibility index (Phi) is 6.11. The van der Waals surface area contributed by atoms with Gasteiger partial charge in [-0.25, -0.2) is 0 Å². The van der Waals surface area contributed by atoms with Crippen molar-refractivity contribution in [2.24, 2.45) is 5.73 Å². The number of hydrogen-bond acceptors (Lipinski definition) is 2. The molecule has 1 unspecified atom stereocenters. The van der Waals surface area contributed by atoms with E-state index in [4.69, 9.17) is 17.3 Å². The van der Waals surface area contributed by atoms with Gasteiger partial charge >= 0.3 is 0 Å². The molecule has 0 aliphatic carbocycles. The maximum Gasteiger partial charge on any atom is 0.0766 e. The molecule has 0 amide bonds. The van der Waals surface area contributed by atoms with E-state index in [1.807, 2.05) is 22.9 Å². The summed E-state index contributed by atoms with van der Waals surface area (Å²) in [6.45, 7) is 5.04. The molecule has 1 atom stereocenters. The monoisotopic (exact) mass is 481 g/mol. The summed E-state index contributed by atoms with van der Waals surface area (Å²) < 4.78 is 4.15. The molecule has 1 aromatic carbocycles. The van der Waals surface area contributed by atoms with Crippen LogP contribution in [0.5, 0.6) is 0 Å². The van der Waals surface area contributed by atoms with E-state index in [0.717, 1.165) is 49.4 Å². The highest BCUT2D eigenvalue weighted by atomic mass is 127. The average molecular weight is 483 g/mol. The molecular weight excluding hydrogens is 464 g/mol. The average Bonchev–Trinajstić information content (AvgIpc) is 2.78. The van der Waals surface area contributed by atoms with Crippen LogP contribution in [-0.2, 0) is 19.4 Å². The standard InChI is InChI=1S/C15H18BrClIN3/c1-3-13-15(16)14(21(4-2)20-13)8-12(19)9-5-6-11(18)10(17)7-9/h5-7,12H,3-4,8,19H2,1-2H3. The second-order valence-electron chi connectivity index (χ2n) is 4.86. The van der Waals surface area contributed by atoms with Crippen LogP contribution in [0, 0.1) is 3.57 Å². The second kappa shape index (κ2) is 7.44. The number of nitrogens with two attached hydrogens (primary N) is 1. The van der Waals surface area contributed by atoms with Gasteiger partial charge in [0.1, 0.15) is 0 Å². The molecule has 6 heteroatoms.